The molecule has 2 rings (SSSR count). The number of hydrogen-bond acceptors (Lipinski definition) is 3. The number of hydrogen-bond donors (Lipinski definition) is 0. The highest BCUT2D eigenvalue weighted by Gasteiger charge is 2.14. The average molecular weight is 335 g/mol. The maximum absolute atomic E-state index is 11.8. The van der Waals surface area contributed by atoms with Gasteiger partial charge in [0.1, 0.15) is 17.9 Å². The van der Waals surface area contributed by atoms with Gasteiger partial charge >= 0.3 is 5.97 Å². The molecule has 104 valence electrons. The number of benzene rings is 2. The van der Waals surface area contributed by atoms with Gasteiger partial charge in [0.05, 0.1) is 7.11 Å². The van der Waals surface area contributed by atoms with Gasteiger partial charge in [-0.3, -0.25) is 0 Å². The van der Waals surface area contributed by atoms with E-state index in [1.807, 2.05) is 36.4 Å². The third-order valence-electron chi connectivity index (χ3n) is 2.84. The number of ether oxygens (including phenoxy) is 2. The standard InChI is InChI=1S/C16H15BrO3/c1-19-16(18)14-9-13(10-17)7-8-15(14)20-11-12-5-3-2-4-6-12/h2-9H,10-11H2,1H3. The molecular formula is C16H15BrO3. The van der Waals surface area contributed by atoms with Gasteiger partial charge in [-0.2, -0.15) is 0 Å². The van der Waals surface area contributed by atoms with Crippen LogP contribution in [0.15, 0.2) is 48.5 Å². The van der Waals surface area contributed by atoms with Crippen molar-refractivity contribution in [1.82, 2.24) is 0 Å². The molecule has 0 atom stereocenters. The van der Waals surface area contributed by atoms with Crippen LogP contribution in [0, 0.1) is 0 Å². The van der Waals surface area contributed by atoms with E-state index in [9.17, 15) is 4.79 Å². The first-order valence-corrected chi connectivity index (χ1v) is 7.30. The van der Waals surface area contributed by atoms with E-state index < -0.39 is 5.97 Å². The van der Waals surface area contributed by atoms with E-state index in [1.54, 1.807) is 12.1 Å². The van der Waals surface area contributed by atoms with Crippen LogP contribution in [-0.2, 0) is 16.7 Å². The largest absolute Gasteiger partial charge is 0.488 e. The Morgan fingerprint density at radius 1 is 1.10 bits per heavy atom. The van der Waals surface area contributed by atoms with E-state index in [-0.39, 0.29) is 0 Å². The molecular weight excluding hydrogens is 320 g/mol. The van der Waals surface area contributed by atoms with E-state index in [0.717, 1.165) is 11.1 Å². The SMILES string of the molecule is COC(=O)c1cc(CBr)ccc1OCc1ccccc1. The number of alkyl halides is 1. The number of carbonyl (C=O) groups excluding carboxylic acids is 1. The summed E-state index contributed by atoms with van der Waals surface area (Å²) in [6.07, 6.45) is 0. The molecule has 0 heterocycles. The summed E-state index contributed by atoms with van der Waals surface area (Å²) in [7, 11) is 1.37. The number of carbonyl (C=O) groups is 1. The monoisotopic (exact) mass is 334 g/mol. The zero-order chi connectivity index (χ0) is 14.4. The van der Waals surface area contributed by atoms with Crippen molar-refractivity contribution in [2.75, 3.05) is 7.11 Å². The Morgan fingerprint density at radius 3 is 2.50 bits per heavy atom. The molecule has 0 aliphatic rings. The highest BCUT2D eigenvalue weighted by atomic mass is 79.9. The molecule has 0 amide bonds. The second-order valence-corrected chi connectivity index (χ2v) is 4.79. The van der Waals surface area contributed by atoms with Gasteiger partial charge in [-0.15, -0.1) is 0 Å². The first kappa shape index (κ1) is 14.6. The van der Waals surface area contributed by atoms with Crippen LogP contribution in [-0.4, -0.2) is 13.1 Å². The summed E-state index contributed by atoms with van der Waals surface area (Å²) in [6, 6.07) is 15.3. The molecule has 0 bridgehead atoms. The van der Waals surface area contributed by atoms with Gasteiger partial charge in [0, 0.05) is 5.33 Å². The quantitative estimate of drug-likeness (QED) is 0.613. The lowest BCUT2D eigenvalue weighted by Gasteiger charge is -2.11. The molecule has 0 saturated heterocycles. The van der Waals surface area contributed by atoms with Gasteiger partial charge in [-0.1, -0.05) is 52.3 Å². The zero-order valence-electron chi connectivity index (χ0n) is 11.1. The number of methoxy groups -OCH3 is 1. The van der Waals surface area contributed by atoms with Crippen LogP contribution in [0.2, 0.25) is 0 Å². The van der Waals surface area contributed by atoms with Crippen LogP contribution in [0.25, 0.3) is 0 Å². The van der Waals surface area contributed by atoms with Crippen molar-refractivity contribution >= 4 is 21.9 Å². The van der Waals surface area contributed by atoms with Crippen molar-refractivity contribution in [1.29, 1.82) is 0 Å². The number of halogens is 1. The third-order valence-corrected chi connectivity index (χ3v) is 3.49. The van der Waals surface area contributed by atoms with Crippen LogP contribution in [0.3, 0.4) is 0 Å². The predicted octanol–water partition coefficient (Wildman–Crippen LogP) is 3.95. The summed E-state index contributed by atoms with van der Waals surface area (Å²) in [5, 5.41) is 0.677. The summed E-state index contributed by atoms with van der Waals surface area (Å²) in [5.41, 5.74) is 2.49. The summed E-state index contributed by atoms with van der Waals surface area (Å²) in [6.45, 7) is 0.415. The Balaban J connectivity index is 2.20. The highest BCUT2D eigenvalue weighted by Crippen LogP contribution is 2.23. The van der Waals surface area contributed by atoms with Gasteiger partial charge in [0.15, 0.2) is 0 Å². The lowest BCUT2D eigenvalue weighted by atomic mass is 10.1. The molecule has 0 fully saturated rings. The van der Waals surface area contributed by atoms with Crippen molar-refractivity contribution < 1.29 is 14.3 Å². The smallest absolute Gasteiger partial charge is 0.341 e. The fourth-order valence-electron chi connectivity index (χ4n) is 1.79. The fraction of sp³-hybridized carbons (Fsp3) is 0.188. The van der Waals surface area contributed by atoms with Gasteiger partial charge in [-0.05, 0) is 23.3 Å². The molecule has 20 heavy (non-hydrogen) atoms. The third kappa shape index (κ3) is 3.61. The highest BCUT2D eigenvalue weighted by molar-refractivity contribution is 9.08. The van der Waals surface area contributed by atoms with Crippen molar-refractivity contribution in [2.24, 2.45) is 0 Å². The molecule has 0 unspecified atom stereocenters. The van der Waals surface area contributed by atoms with E-state index in [1.165, 1.54) is 7.11 Å². The normalized spacial score (nSPS) is 10.1. The van der Waals surface area contributed by atoms with E-state index in [4.69, 9.17) is 9.47 Å². The lowest BCUT2D eigenvalue weighted by molar-refractivity contribution is 0.0595. The summed E-state index contributed by atoms with van der Waals surface area (Å²) in [5.74, 6) is 0.140. The Labute approximate surface area is 126 Å². The van der Waals surface area contributed by atoms with Crippen LogP contribution in [0.4, 0.5) is 0 Å². The maximum Gasteiger partial charge on any atom is 0.341 e. The first-order valence-electron chi connectivity index (χ1n) is 6.18. The summed E-state index contributed by atoms with van der Waals surface area (Å²) in [4.78, 5) is 11.8. The van der Waals surface area contributed by atoms with Crippen LogP contribution >= 0.6 is 15.9 Å². The van der Waals surface area contributed by atoms with E-state index in [0.29, 0.717) is 23.2 Å². The predicted molar refractivity (Wildman–Crippen MR) is 81.2 cm³/mol. The molecule has 4 heteroatoms. The second kappa shape index (κ2) is 7.10. The molecule has 0 aromatic heterocycles. The van der Waals surface area contributed by atoms with Gasteiger partial charge < -0.3 is 9.47 Å². The number of esters is 1. The maximum atomic E-state index is 11.8. The molecule has 0 radical (unpaired) electrons. The number of rotatable bonds is 5. The molecule has 0 N–H and O–H groups in total. The van der Waals surface area contributed by atoms with Crippen molar-refractivity contribution in [3.8, 4) is 5.75 Å². The minimum Gasteiger partial charge on any atom is -0.488 e. The Hall–Kier alpha value is -1.81. The lowest BCUT2D eigenvalue weighted by Crippen LogP contribution is -2.06. The zero-order valence-corrected chi connectivity index (χ0v) is 12.7. The molecule has 0 saturated carbocycles. The Bertz CT molecular complexity index is 582. The van der Waals surface area contributed by atoms with E-state index in [2.05, 4.69) is 15.9 Å². The molecule has 3 nitrogen and oxygen atoms in total. The molecule has 0 spiro atoms. The Kier molecular flexibility index (Phi) is 5.18. The summed E-state index contributed by atoms with van der Waals surface area (Å²) >= 11 is 3.37. The second-order valence-electron chi connectivity index (χ2n) is 4.23. The molecule has 2 aromatic rings. The van der Waals surface area contributed by atoms with Crippen LogP contribution in [0.1, 0.15) is 21.5 Å². The van der Waals surface area contributed by atoms with Crippen molar-refractivity contribution in [3.63, 3.8) is 0 Å². The van der Waals surface area contributed by atoms with E-state index >= 15 is 0 Å². The topological polar surface area (TPSA) is 35.5 Å². The van der Waals surface area contributed by atoms with Crippen molar-refractivity contribution in [3.05, 3.63) is 65.2 Å². The minimum atomic E-state index is -0.393. The first-order chi connectivity index (χ1) is 9.74. The van der Waals surface area contributed by atoms with Crippen molar-refractivity contribution in [2.45, 2.75) is 11.9 Å². The molecule has 0 aliphatic carbocycles. The van der Waals surface area contributed by atoms with Crippen LogP contribution in [0.5, 0.6) is 5.75 Å². The summed E-state index contributed by atoms with van der Waals surface area (Å²) < 4.78 is 10.5. The molecule has 0 aliphatic heterocycles. The van der Waals surface area contributed by atoms with Crippen LogP contribution < -0.4 is 4.74 Å². The fourth-order valence-corrected chi connectivity index (χ4v) is 2.14. The molecule has 2 aromatic carbocycles. The Morgan fingerprint density at radius 2 is 1.85 bits per heavy atom. The van der Waals surface area contributed by atoms with Gasteiger partial charge in [0.25, 0.3) is 0 Å². The average Bonchev–Trinajstić information content (AvgIpc) is 2.53. The van der Waals surface area contributed by atoms with Gasteiger partial charge in [-0.25, -0.2) is 4.79 Å². The minimum absolute atomic E-state index is 0.393. The van der Waals surface area contributed by atoms with Gasteiger partial charge in [0.2, 0.25) is 0 Å².